The van der Waals surface area contributed by atoms with Gasteiger partial charge < -0.3 is 10.2 Å². The zero-order valence-corrected chi connectivity index (χ0v) is 14.5. The number of nitrogens with one attached hydrogen (secondary N) is 1. The molecule has 21 heavy (non-hydrogen) atoms. The second-order valence-corrected chi connectivity index (χ2v) is 6.13. The van der Waals surface area contributed by atoms with E-state index in [-0.39, 0.29) is 0 Å². The lowest BCUT2D eigenvalue weighted by molar-refractivity contribution is 0.647. The number of hydrogen-bond acceptors (Lipinski definition) is 2. The van der Waals surface area contributed by atoms with Gasteiger partial charge in [-0.1, -0.05) is 46.3 Å². The fraction of sp³-hybridized carbons (Fsp3) is 0.333. The van der Waals surface area contributed by atoms with E-state index in [4.69, 9.17) is 0 Å². The molecule has 0 aliphatic rings. The van der Waals surface area contributed by atoms with Crippen molar-refractivity contribution in [3.05, 3.63) is 64.1 Å². The fourth-order valence-electron chi connectivity index (χ4n) is 2.49. The Balaban J connectivity index is 2.33. The predicted octanol–water partition coefficient (Wildman–Crippen LogP) is 4.76. The lowest BCUT2D eigenvalue weighted by Gasteiger charge is -2.28. The Morgan fingerprint density at radius 1 is 1.14 bits per heavy atom. The summed E-state index contributed by atoms with van der Waals surface area (Å²) in [4.78, 5) is 2.42. The van der Waals surface area contributed by atoms with Gasteiger partial charge in [-0.25, -0.2) is 0 Å². The Bertz CT molecular complexity index is 569. The number of hydrogen-bond donors (Lipinski definition) is 1. The van der Waals surface area contributed by atoms with Crippen LogP contribution in [0.25, 0.3) is 0 Å². The van der Waals surface area contributed by atoms with Gasteiger partial charge in [0.05, 0.1) is 0 Å². The van der Waals surface area contributed by atoms with Crippen LogP contribution >= 0.6 is 15.9 Å². The summed E-state index contributed by atoms with van der Waals surface area (Å²) in [6.45, 7) is 6.32. The van der Waals surface area contributed by atoms with Gasteiger partial charge in [0.2, 0.25) is 0 Å². The van der Waals surface area contributed by atoms with Gasteiger partial charge in [-0.3, -0.25) is 0 Å². The van der Waals surface area contributed by atoms with Crippen molar-refractivity contribution >= 4 is 21.6 Å². The van der Waals surface area contributed by atoms with Crippen molar-refractivity contribution in [3.8, 4) is 0 Å². The molecule has 0 amide bonds. The van der Waals surface area contributed by atoms with Crippen LogP contribution in [0, 0.1) is 0 Å². The molecule has 0 saturated heterocycles. The highest BCUT2D eigenvalue weighted by atomic mass is 79.9. The maximum Gasteiger partial charge on any atom is 0.0429 e. The zero-order chi connectivity index (χ0) is 15.2. The van der Waals surface area contributed by atoms with Gasteiger partial charge in [-0.2, -0.15) is 0 Å². The van der Waals surface area contributed by atoms with Crippen molar-refractivity contribution < 1.29 is 0 Å². The van der Waals surface area contributed by atoms with Crippen LogP contribution in [0.4, 0.5) is 5.69 Å². The number of benzene rings is 2. The summed E-state index contributed by atoms with van der Waals surface area (Å²) < 4.78 is 1.12. The highest BCUT2D eigenvalue weighted by Gasteiger charge is 2.14. The van der Waals surface area contributed by atoms with E-state index in [1.165, 1.54) is 16.8 Å². The van der Waals surface area contributed by atoms with Crippen molar-refractivity contribution in [2.24, 2.45) is 0 Å². The van der Waals surface area contributed by atoms with Gasteiger partial charge in [0, 0.05) is 29.3 Å². The van der Waals surface area contributed by atoms with Crippen LogP contribution in [0.15, 0.2) is 53.0 Å². The first-order valence-electron chi connectivity index (χ1n) is 7.41. The van der Waals surface area contributed by atoms with E-state index in [1.54, 1.807) is 0 Å². The molecule has 0 bridgehead atoms. The third-order valence-corrected chi connectivity index (χ3v) is 4.32. The normalized spacial score (nSPS) is 12.2. The van der Waals surface area contributed by atoms with E-state index in [0.29, 0.717) is 6.04 Å². The number of anilines is 1. The molecule has 2 rings (SSSR count). The second kappa shape index (κ2) is 7.62. The maximum atomic E-state index is 3.59. The molecular formula is C18H23BrN2. The van der Waals surface area contributed by atoms with E-state index in [0.717, 1.165) is 17.6 Å². The molecule has 2 aromatic carbocycles. The third-order valence-electron chi connectivity index (χ3n) is 3.83. The monoisotopic (exact) mass is 346 g/mol. The van der Waals surface area contributed by atoms with Crippen molar-refractivity contribution in [2.45, 2.75) is 26.4 Å². The van der Waals surface area contributed by atoms with Gasteiger partial charge >= 0.3 is 0 Å². The molecule has 3 heteroatoms. The first-order valence-corrected chi connectivity index (χ1v) is 8.20. The molecule has 0 aliphatic heterocycles. The van der Waals surface area contributed by atoms with E-state index >= 15 is 0 Å². The maximum absolute atomic E-state index is 3.59. The smallest absolute Gasteiger partial charge is 0.0429 e. The van der Waals surface area contributed by atoms with Gasteiger partial charge in [0.15, 0.2) is 0 Å². The minimum atomic E-state index is 0.322. The van der Waals surface area contributed by atoms with Gasteiger partial charge in [0.25, 0.3) is 0 Å². The molecule has 1 atom stereocenters. The first-order chi connectivity index (χ1) is 10.2. The summed E-state index contributed by atoms with van der Waals surface area (Å²) in [5.74, 6) is 0. The summed E-state index contributed by atoms with van der Waals surface area (Å²) in [7, 11) is 2.00. The standard InChI is InChI=1S/C18H23BrN2/c1-4-21(13-15-8-6-5-7-9-15)18-11-10-16(19)12-17(18)14(2)20-3/h5-12,14,20H,4,13H2,1-3H3. The van der Waals surface area contributed by atoms with Crippen LogP contribution in [-0.4, -0.2) is 13.6 Å². The summed E-state index contributed by atoms with van der Waals surface area (Å²) in [5.41, 5.74) is 3.96. The molecule has 0 fully saturated rings. The minimum absolute atomic E-state index is 0.322. The third kappa shape index (κ3) is 4.08. The van der Waals surface area contributed by atoms with Crippen molar-refractivity contribution in [3.63, 3.8) is 0 Å². The first kappa shape index (κ1) is 16.1. The molecule has 0 heterocycles. The summed E-state index contributed by atoms with van der Waals surface area (Å²) >= 11 is 3.59. The minimum Gasteiger partial charge on any atom is -0.367 e. The van der Waals surface area contributed by atoms with Crippen LogP contribution in [0.5, 0.6) is 0 Å². The average molecular weight is 347 g/mol. The van der Waals surface area contributed by atoms with Crippen LogP contribution in [0.3, 0.4) is 0 Å². The highest BCUT2D eigenvalue weighted by molar-refractivity contribution is 9.10. The fourth-order valence-corrected chi connectivity index (χ4v) is 2.87. The Hall–Kier alpha value is -1.32. The molecule has 2 nitrogen and oxygen atoms in total. The summed E-state index contributed by atoms with van der Waals surface area (Å²) in [6.07, 6.45) is 0. The Kier molecular flexibility index (Phi) is 5.83. The van der Waals surface area contributed by atoms with E-state index in [9.17, 15) is 0 Å². The summed E-state index contributed by atoms with van der Waals surface area (Å²) in [6, 6.07) is 17.5. The van der Waals surface area contributed by atoms with Crippen molar-refractivity contribution in [1.29, 1.82) is 0 Å². The molecule has 0 radical (unpaired) electrons. The largest absolute Gasteiger partial charge is 0.367 e. The Morgan fingerprint density at radius 3 is 2.48 bits per heavy atom. The molecule has 0 aliphatic carbocycles. The average Bonchev–Trinajstić information content (AvgIpc) is 2.53. The van der Waals surface area contributed by atoms with Crippen molar-refractivity contribution in [1.82, 2.24) is 5.32 Å². The predicted molar refractivity (Wildman–Crippen MR) is 94.8 cm³/mol. The summed E-state index contributed by atoms with van der Waals surface area (Å²) in [5, 5.41) is 3.34. The molecular weight excluding hydrogens is 324 g/mol. The highest BCUT2D eigenvalue weighted by Crippen LogP contribution is 2.30. The van der Waals surface area contributed by atoms with Crippen molar-refractivity contribution in [2.75, 3.05) is 18.5 Å². The zero-order valence-electron chi connectivity index (χ0n) is 12.9. The molecule has 1 unspecified atom stereocenters. The molecule has 0 aromatic heterocycles. The second-order valence-electron chi connectivity index (χ2n) is 5.21. The van der Waals surface area contributed by atoms with Crippen LogP contribution < -0.4 is 10.2 Å². The van der Waals surface area contributed by atoms with E-state index in [1.807, 2.05) is 7.05 Å². The number of nitrogens with zero attached hydrogens (tertiary/aromatic N) is 1. The van der Waals surface area contributed by atoms with Crippen LogP contribution in [0.2, 0.25) is 0 Å². The van der Waals surface area contributed by atoms with Gasteiger partial charge in [0.1, 0.15) is 0 Å². The molecule has 0 saturated carbocycles. The number of rotatable bonds is 6. The lowest BCUT2D eigenvalue weighted by Crippen LogP contribution is -2.25. The van der Waals surface area contributed by atoms with Crippen LogP contribution in [0.1, 0.15) is 31.0 Å². The topological polar surface area (TPSA) is 15.3 Å². The Morgan fingerprint density at radius 2 is 1.86 bits per heavy atom. The molecule has 1 N–H and O–H groups in total. The number of halogens is 1. The van der Waals surface area contributed by atoms with Gasteiger partial charge in [-0.15, -0.1) is 0 Å². The van der Waals surface area contributed by atoms with E-state index in [2.05, 4.69) is 88.5 Å². The molecule has 2 aromatic rings. The lowest BCUT2D eigenvalue weighted by atomic mass is 10.0. The van der Waals surface area contributed by atoms with Gasteiger partial charge in [-0.05, 0) is 50.2 Å². The Labute approximate surface area is 136 Å². The SMILES string of the molecule is CCN(Cc1ccccc1)c1ccc(Br)cc1C(C)NC. The molecule has 0 spiro atoms. The van der Waals surface area contributed by atoms with Crippen LogP contribution in [-0.2, 0) is 6.54 Å². The van der Waals surface area contributed by atoms with E-state index < -0.39 is 0 Å². The quantitative estimate of drug-likeness (QED) is 0.811. The molecule has 112 valence electrons.